The van der Waals surface area contributed by atoms with Gasteiger partial charge < -0.3 is 14.2 Å². The molecule has 5 rings (SSSR count). The van der Waals surface area contributed by atoms with E-state index in [1.54, 1.807) is 21.8 Å². The van der Waals surface area contributed by atoms with Gasteiger partial charge in [-0.1, -0.05) is 16.8 Å². The lowest BCUT2D eigenvalue weighted by Gasteiger charge is -2.38. The second kappa shape index (κ2) is 7.93. The molecule has 2 atom stereocenters. The molecule has 2 aliphatic heterocycles. The van der Waals surface area contributed by atoms with Gasteiger partial charge in [0, 0.05) is 44.2 Å². The van der Waals surface area contributed by atoms with E-state index in [0.29, 0.717) is 36.6 Å². The highest BCUT2D eigenvalue weighted by Crippen LogP contribution is 2.34. The van der Waals surface area contributed by atoms with Crippen molar-refractivity contribution >= 4 is 11.7 Å². The molecule has 0 radical (unpaired) electrons. The molecule has 1 fully saturated rings. The molecule has 0 saturated carbocycles. The van der Waals surface area contributed by atoms with Crippen LogP contribution in [0.4, 0.5) is 0 Å². The summed E-state index contributed by atoms with van der Waals surface area (Å²) in [5.74, 6) is 1.22. The number of rotatable bonds is 3. The van der Waals surface area contributed by atoms with Crippen LogP contribution in [0, 0.1) is 19.8 Å². The molecular formula is C24H26N4O4. The maximum atomic E-state index is 13.1. The minimum Gasteiger partial charge on any atom is -0.489 e. The Bertz CT molecular complexity index is 1190. The minimum atomic E-state index is -0.223. The Labute approximate surface area is 186 Å². The number of carbonyl (C=O) groups excluding carboxylic acids is 2. The quantitative estimate of drug-likeness (QED) is 0.626. The molecule has 0 N–H and O–H groups in total. The van der Waals surface area contributed by atoms with Crippen molar-refractivity contribution in [2.24, 2.45) is 13.0 Å². The van der Waals surface area contributed by atoms with Crippen LogP contribution in [0.1, 0.15) is 51.4 Å². The van der Waals surface area contributed by atoms with Crippen LogP contribution in [-0.2, 0) is 7.05 Å². The maximum Gasteiger partial charge on any atom is 0.276 e. The van der Waals surface area contributed by atoms with Crippen LogP contribution in [0.2, 0.25) is 0 Å². The highest BCUT2D eigenvalue weighted by Gasteiger charge is 2.36. The Hall–Kier alpha value is -3.42. The number of amides is 1. The van der Waals surface area contributed by atoms with Crippen LogP contribution < -0.4 is 4.74 Å². The third-order valence-corrected chi connectivity index (χ3v) is 6.60. The normalized spacial score (nSPS) is 20.7. The molecule has 2 aliphatic rings. The van der Waals surface area contributed by atoms with E-state index in [-0.39, 0.29) is 29.4 Å². The van der Waals surface area contributed by atoms with Gasteiger partial charge in [0.2, 0.25) is 0 Å². The molecule has 1 saturated heterocycles. The Morgan fingerprint density at radius 3 is 2.81 bits per heavy atom. The number of aromatic nitrogens is 3. The number of ether oxygens (including phenoxy) is 1. The van der Waals surface area contributed by atoms with Crippen molar-refractivity contribution in [3.63, 3.8) is 0 Å². The summed E-state index contributed by atoms with van der Waals surface area (Å²) in [5.41, 5.74) is 3.74. The summed E-state index contributed by atoms with van der Waals surface area (Å²) in [6.45, 7) is 5.09. The fourth-order valence-electron chi connectivity index (χ4n) is 4.63. The lowest BCUT2D eigenvalue weighted by Crippen LogP contribution is -2.46. The van der Waals surface area contributed by atoms with E-state index in [0.717, 1.165) is 29.7 Å². The second-order valence-electron chi connectivity index (χ2n) is 8.78. The number of fused-ring (bicyclic) bond motifs is 1. The standard InChI is InChI=1S/C24H26N4O4/c1-14-6-7-21-17(9-14)20(29)11-22(31-21)16-5-4-8-28(13-16)24(30)19-10-23(32-26-19)18-12-25-27(3)15(18)2/h6-7,9-10,12,16,22H,4-5,8,11,13H2,1-3H3/t16-,22+/m1/s1. The molecule has 8 nitrogen and oxygen atoms in total. The second-order valence-corrected chi connectivity index (χ2v) is 8.78. The van der Waals surface area contributed by atoms with Crippen LogP contribution in [0.5, 0.6) is 5.75 Å². The van der Waals surface area contributed by atoms with Crippen molar-refractivity contribution in [2.75, 3.05) is 13.1 Å². The zero-order chi connectivity index (χ0) is 22.4. The molecule has 3 aromatic rings. The molecule has 1 aromatic carbocycles. The zero-order valence-electron chi connectivity index (χ0n) is 18.5. The Morgan fingerprint density at radius 1 is 1.19 bits per heavy atom. The Morgan fingerprint density at radius 2 is 2.03 bits per heavy atom. The van der Waals surface area contributed by atoms with Gasteiger partial charge in [-0.05, 0) is 38.8 Å². The molecule has 32 heavy (non-hydrogen) atoms. The third kappa shape index (κ3) is 3.59. The van der Waals surface area contributed by atoms with Gasteiger partial charge in [-0.25, -0.2) is 0 Å². The van der Waals surface area contributed by atoms with Gasteiger partial charge in [-0.2, -0.15) is 5.10 Å². The highest BCUT2D eigenvalue weighted by molar-refractivity contribution is 6.00. The maximum absolute atomic E-state index is 13.1. The highest BCUT2D eigenvalue weighted by atomic mass is 16.5. The molecular weight excluding hydrogens is 408 g/mol. The number of nitrogens with zero attached hydrogens (tertiary/aromatic N) is 4. The van der Waals surface area contributed by atoms with E-state index in [4.69, 9.17) is 9.26 Å². The fourth-order valence-corrected chi connectivity index (χ4v) is 4.63. The summed E-state index contributed by atoms with van der Waals surface area (Å²) < 4.78 is 13.4. The average Bonchev–Trinajstić information content (AvgIpc) is 3.41. The first-order valence-corrected chi connectivity index (χ1v) is 11.0. The van der Waals surface area contributed by atoms with Gasteiger partial charge in [0.15, 0.2) is 17.2 Å². The Kier molecular flexibility index (Phi) is 5.07. The summed E-state index contributed by atoms with van der Waals surface area (Å²) in [6, 6.07) is 7.39. The van der Waals surface area contributed by atoms with Gasteiger partial charge in [0.25, 0.3) is 5.91 Å². The first kappa shape index (κ1) is 20.5. The lowest BCUT2D eigenvalue weighted by molar-refractivity contribution is 0.0403. The molecule has 0 bridgehead atoms. The Balaban J connectivity index is 1.30. The summed E-state index contributed by atoms with van der Waals surface area (Å²) >= 11 is 0. The number of benzene rings is 1. The summed E-state index contributed by atoms with van der Waals surface area (Å²) in [6.07, 6.45) is 3.61. The van der Waals surface area contributed by atoms with Gasteiger partial charge in [0.05, 0.1) is 17.3 Å². The van der Waals surface area contributed by atoms with Gasteiger partial charge in [-0.3, -0.25) is 14.3 Å². The number of likely N-dealkylation sites (tertiary alicyclic amines) is 1. The molecule has 4 heterocycles. The molecule has 0 spiro atoms. The van der Waals surface area contributed by atoms with Gasteiger partial charge in [-0.15, -0.1) is 0 Å². The van der Waals surface area contributed by atoms with Crippen molar-refractivity contribution in [3.8, 4) is 17.1 Å². The van der Waals surface area contributed by atoms with E-state index in [9.17, 15) is 9.59 Å². The van der Waals surface area contributed by atoms with Crippen molar-refractivity contribution in [1.82, 2.24) is 19.8 Å². The number of aryl methyl sites for hydroxylation is 2. The van der Waals surface area contributed by atoms with Gasteiger partial charge in [0.1, 0.15) is 11.9 Å². The SMILES string of the molecule is Cc1ccc2c(c1)C(=O)C[C@@H]([C@@H]1CCCN(C(=O)c3cc(-c4cnn(C)c4C)on3)C1)O2. The number of piperidine rings is 1. The zero-order valence-corrected chi connectivity index (χ0v) is 18.5. The topological polar surface area (TPSA) is 90.5 Å². The molecule has 0 aliphatic carbocycles. The first-order valence-electron chi connectivity index (χ1n) is 11.0. The van der Waals surface area contributed by atoms with Crippen molar-refractivity contribution in [3.05, 3.63) is 53.0 Å². The molecule has 166 valence electrons. The molecule has 0 unspecified atom stereocenters. The third-order valence-electron chi connectivity index (χ3n) is 6.60. The number of ketones is 1. The van der Waals surface area contributed by atoms with E-state index in [2.05, 4.69) is 10.3 Å². The monoisotopic (exact) mass is 434 g/mol. The summed E-state index contributed by atoms with van der Waals surface area (Å²) in [5, 5.41) is 8.23. The van der Waals surface area contributed by atoms with Crippen LogP contribution >= 0.6 is 0 Å². The van der Waals surface area contributed by atoms with Crippen molar-refractivity contribution in [1.29, 1.82) is 0 Å². The van der Waals surface area contributed by atoms with E-state index < -0.39 is 0 Å². The molecule has 1 amide bonds. The lowest BCUT2D eigenvalue weighted by atomic mass is 9.86. The number of hydrogen-bond donors (Lipinski definition) is 0. The van der Waals surface area contributed by atoms with Crippen LogP contribution in [0.3, 0.4) is 0 Å². The largest absolute Gasteiger partial charge is 0.489 e. The van der Waals surface area contributed by atoms with Crippen LogP contribution in [0.15, 0.2) is 35.0 Å². The van der Waals surface area contributed by atoms with E-state index in [1.165, 1.54) is 0 Å². The first-order chi connectivity index (χ1) is 15.4. The smallest absolute Gasteiger partial charge is 0.276 e. The van der Waals surface area contributed by atoms with E-state index in [1.807, 2.05) is 39.1 Å². The summed E-state index contributed by atoms with van der Waals surface area (Å²) in [7, 11) is 1.85. The average molecular weight is 434 g/mol. The minimum absolute atomic E-state index is 0.0954. The molecule has 2 aromatic heterocycles. The van der Waals surface area contributed by atoms with E-state index >= 15 is 0 Å². The summed E-state index contributed by atoms with van der Waals surface area (Å²) in [4.78, 5) is 27.6. The van der Waals surface area contributed by atoms with Crippen molar-refractivity contribution in [2.45, 2.75) is 39.2 Å². The van der Waals surface area contributed by atoms with Gasteiger partial charge >= 0.3 is 0 Å². The fraction of sp³-hybridized carbons (Fsp3) is 0.417. The predicted octanol–water partition coefficient (Wildman–Crippen LogP) is 3.58. The van der Waals surface area contributed by atoms with Crippen molar-refractivity contribution < 1.29 is 18.8 Å². The number of Topliss-reactive ketones (excluding diaryl/α,β-unsaturated/α-hetero) is 1. The predicted molar refractivity (Wildman–Crippen MR) is 117 cm³/mol. The van der Waals surface area contributed by atoms with Crippen LogP contribution in [-0.4, -0.2) is 50.7 Å². The number of hydrogen-bond acceptors (Lipinski definition) is 6. The molecule has 8 heteroatoms. The van der Waals surface area contributed by atoms with Crippen LogP contribution in [0.25, 0.3) is 11.3 Å². The number of carbonyl (C=O) groups is 2.